The van der Waals surface area contributed by atoms with E-state index in [0.29, 0.717) is 93.0 Å². The lowest BCUT2D eigenvalue weighted by molar-refractivity contribution is -0.167. The van der Waals surface area contributed by atoms with Gasteiger partial charge in [0.1, 0.15) is 10.9 Å². The van der Waals surface area contributed by atoms with Crippen molar-refractivity contribution in [2.45, 2.75) is 137 Å². The summed E-state index contributed by atoms with van der Waals surface area (Å²) in [4.78, 5) is 85.5. The first-order valence-electron chi connectivity index (χ1n) is 31.5. The number of hydrogen-bond donors (Lipinski definition) is 4. The summed E-state index contributed by atoms with van der Waals surface area (Å²) in [7, 11) is -11.1. The van der Waals surface area contributed by atoms with Crippen LogP contribution >= 0.6 is 11.8 Å². The van der Waals surface area contributed by atoms with Crippen LogP contribution in [0.4, 0.5) is 30.2 Å². The van der Waals surface area contributed by atoms with E-state index in [2.05, 4.69) is 51.4 Å². The molecule has 8 aliphatic rings. The Morgan fingerprint density at radius 2 is 1.46 bits per heavy atom. The summed E-state index contributed by atoms with van der Waals surface area (Å²) < 4.78 is 99.8. The maximum absolute atomic E-state index is 14.5. The Morgan fingerprint density at radius 3 is 2.14 bits per heavy atom. The third-order valence-corrected chi connectivity index (χ3v) is 23.4. The number of piperidine rings is 1. The molecule has 6 amide bonds. The number of halogens is 3. The number of unbranched alkanes of at least 4 members (excludes halogenated alkanes) is 2. The molecule has 2 atom stereocenters. The zero-order valence-corrected chi connectivity index (χ0v) is 54.1. The molecule has 0 spiro atoms. The highest BCUT2D eigenvalue weighted by Gasteiger charge is 2.67. The van der Waals surface area contributed by atoms with Crippen LogP contribution in [-0.2, 0) is 34.2 Å². The summed E-state index contributed by atoms with van der Waals surface area (Å²) in [5, 5.41) is 8.46. The van der Waals surface area contributed by atoms with Crippen molar-refractivity contribution in [1.29, 1.82) is 0 Å². The monoisotopic (exact) mass is 1310 g/mol. The second kappa shape index (κ2) is 26.3. The van der Waals surface area contributed by atoms with Crippen LogP contribution < -0.4 is 25.6 Å². The number of rotatable bonds is 24. The normalized spacial score (nSPS) is 23.3. The van der Waals surface area contributed by atoms with E-state index < -0.39 is 82.5 Å². The van der Waals surface area contributed by atoms with Gasteiger partial charge in [-0.3, -0.25) is 48.8 Å². The standard InChI is InChI=1S/C66H80F3N9O10S3/c1-63(2)25-23-45(53(38-63)65-41-64(3,42-65)43-65)39-75-30-32-76(33-31-75)48-16-13-44(14-17-48)59(81)73-91(87,88)50-18-20-54(56(37-50)90(85,86)66(67,68)69)71-47(40-89-49-10-6-4-7-11-49)24-27-74-28-34-77(35-29-74)58(80)12-8-5-9-26-70-46-15-19-51-52(36-46)62(84)78(61(51)83)55-21-22-57(79)72-60(55)82/h4,6-7,10-11,13-20,36-37,47,55,70-71H,5,8-9,12,21-35,38-43H2,1-3H3,(H,73,81)(H,72,79,82)/t47-,55?,64?,65?/m1/s1. The molecule has 4 aliphatic carbocycles. The zero-order valence-electron chi connectivity index (χ0n) is 51.7. The van der Waals surface area contributed by atoms with E-state index in [1.807, 2.05) is 35.1 Å². The third-order valence-electron chi connectivity index (χ3n) is 19.4. The van der Waals surface area contributed by atoms with Crippen molar-refractivity contribution in [3.63, 3.8) is 0 Å². The maximum atomic E-state index is 14.5. The number of allylic oxidation sites excluding steroid dienone is 1. The fourth-order valence-corrected chi connectivity index (χ4v) is 17.6. The van der Waals surface area contributed by atoms with Gasteiger partial charge >= 0.3 is 5.51 Å². The van der Waals surface area contributed by atoms with Crippen molar-refractivity contribution in [1.82, 2.24) is 29.6 Å². The van der Waals surface area contributed by atoms with Crippen molar-refractivity contribution >= 4 is 84.1 Å². The molecule has 0 aromatic heterocycles. The van der Waals surface area contributed by atoms with E-state index in [4.69, 9.17) is 0 Å². The number of carbonyl (C=O) groups excluding carboxylic acids is 6. The molecule has 12 rings (SSSR count). The van der Waals surface area contributed by atoms with Gasteiger partial charge in [0.15, 0.2) is 0 Å². The Hall–Kier alpha value is -6.80. The summed E-state index contributed by atoms with van der Waals surface area (Å²) in [5.41, 5.74) is 0.210. The first kappa shape index (κ1) is 65.7. The Bertz CT molecular complexity index is 3720. The fourth-order valence-electron chi connectivity index (χ4n) is 14.6. The van der Waals surface area contributed by atoms with Crippen LogP contribution in [0, 0.1) is 16.2 Å². The lowest BCUT2D eigenvalue weighted by atomic mass is 9.33. The highest BCUT2D eigenvalue weighted by Crippen LogP contribution is 2.77. The average molecular weight is 1310 g/mol. The molecule has 4 N–H and O–H groups in total. The molecule has 1 unspecified atom stereocenters. The molecule has 4 aliphatic heterocycles. The highest BCUT2D eigenvalue weighted by atomic mass is 32.2. The number of sulfonamides is 1. The number of benzene rings is 4. The van der Waals surface area contributed by atoms with Gasteiger partial charge in [-0.05, 0) is 153 Å². The first-order valence-corrected chi connectivity index (χ1v) is 35.5. The average Bonchev–Trinajstić information content (AvgIpc) is 1.07. The number of carbonyl (C=O) groups is 6. The first-order chi connectivity index (χ1) is 43.2. The van der Waals surface area contributed by atoms with Crippen molar-refractivity contribution in [2.75, 3.05) is 93.3 Å². The predicted octanol–water partition coefficient (Wildman–Crippen LogP) is 9.10. The van der Waals surface area contributed by atoms with Crippen molar-refractivity contribution in [2.24, 2.45) is 16.2 Å². The molecule has 3 saturated heterocycles. The Balaban J connectivity index is 0.658. The number of fused-ring (bicyclic) bond motifs is 1. The summed E-state index contributed by atoms with van der Waals surface area (Å²) in [5.74, 6) is -3.06. The van der Waals surface area contributed by atoms with Crippen molar-refractivity contribution in [3.8, 4) is 0 Å². The lowest BCUT2D eigenvalue weighted by Gasteiger charge is -2.72. The number of piperazine rings is 2. The second-order valence-electron chi connectivity index (χ2n) is 26.8. The number of amides is 6. The smallest absolute Gasteiger partial charge is 0.385 e. The Labute approximate surface area is 534 Å². The molecular formula is C66H80F3N9O10S3. The van der Waals surface area contributed by atoms with Gasteiger partial charge in [0.05, 0.1) is 21.7 Å². The number of nitrogens with one attached hydrogen (secondary N) is 4. The molecule has 91 heavy (non-hydrogen) atoms. The molecule has 488 valence electrons. The van der Waals surface area contributed by atoms with Gasteiger partial charge in [0.2, 0.25) is 17.7 Å². The molecule has 4 heterocycles. The van der Waals surface area contributed by atoms with E-state index in [-0.39, 0.29) is 41.2 Å². The van der Waals surface area contributed by atoms with Gasteiger partial charge in [-0.15, -0.1) is 11.8 Å². The van der Waals surface area contributed by atoms with Crippen LogP contribution in [0.15, 0.2) is 117 Å². The minimum Gasteiger partial charge on any atom is -0.385 e. The summed E-state index contributed by atoms with van der Waals surface area (Å²) in [6.45, 7) is 14.3. The van der Waals surface area contributed by atoms with Crippen molar-refractivity contribution in [3.05, 3.63) is 119 Å². The number of imide groups is 2. The van der Waals surface area contributed by atoms with Gasteiger partial charge in [-0.25, -0.2) is 21.6 Å². The van der Waals surface area contributed by atoms with E-state index in [1.165, 1.54) is 62.1 Å². The minimum absolute atomic E-state index is 0.000216. The highest BCUT2D eigenvalue weighted by molar-refractivity contribution is 7.99. The summed E-state index contributed by atoms with van der Waals surface area (Å²) in [6, 6.07) is 21.2. The number of anilines is 3. The number of alkyl halides is 3. The largest absolute Gasteiger partial charge is 0.501 e. The van der Waals surface area contributed by atoms with Crippen molar-refractivity contribution < 1.29 is 58.8 Å². The zero-order chi connectivity index (χ0) is 64.7. The molecule has 0 radical (unpaired) electrons. The van der Waals surface area contributed by atoms with Crippen LogP contribution in [-0.4, -0.2) is 167 Å². The molecular weight excluding hydrogens is 1230 g/mol. The summed E-state index contributed by atoms with van der Waals surface area (Å²) >= 11 is 1.41. The van der Waals surface area contributed by atoms with Crippen LogP contribution in [0.25, 0.3) is 0 Å². The molecule has 25 heteroatoms. The number of thioether (sulfide) groups is 1. The van der Waals surface area contributed by atoms with Gasteiger partial charge in [0.25, 0.3) is 37.6 Å². The molecule has 3 saturated carbocycles. The number of hydrogen-bond acceptors (Lipinski definition) is 16. The molecule has 19 nitrogen and oxygen atoms in total. The van der Waals surface area contributed by atoms with E-state index in [9.17, 15) is 58.8 Å². The van der Waals surface area contributed by atoms with Crippen LogP contribution in [0.1, 0.15) is 135 Å². The molecule has 4 aromatic carbocycles. The van der Waals surface area contributed by atoms with Crippen LogP contribution in [0.2, 0.25) is 0 Å². The second-order valence-corrected chi connectivity index (χ2v) is 31.5. The predicted molar refractivity (Wildman–Crippen MR) is 341 cm³/mol. The quantitative estimate of drug-likeness (QED) is 0.0222. The Kier molecular flexibility index (Phi) is 19.0. The van der Waals surface area contributed by atoms with Crippen LogP contribution in [0.3, 0.4) is 0 Å². The lowest BCUT2D eigenvalue weighted by Crippen LogP contribution is -2.61. The maximum Gasteiger partial charge on any atom is 0.501 e. The summed E-state index contributed by atoms with van der Waals surface area (Å²) in [6.07, 6.45) is 10.3. The molecule has 6 fully saturated rings. The SMILES string of the molecule is CC1(C)CCC(CN2CCN(c3ccc(C(=O)NS(=O)(=O)c4ccc(N[C@H](CCN5CCN(C(=O)CCCCCNc6ccc7c(c6)C(=O)N(C6CCC(=O)NC6=O)C7=O)CC5)CSc5ccccc5)c(S(=O)(=O)C(F)(F)F)c4)cc3)CC2)=C(C23CC(C)(C2)C3)C1. The van der Waals surface area contributed by atoms with Crippen LogP contribution in [0.5, 0.6) is 0 Å². The van der Waals surface area contributed by atoms with Gasteiger partial charge in [-0.2, -0.15) is 13.2 Å². The topological polar surface area (TPSA) is 235 Å². The molecule has 2 bridgehead atoms. The van der Waals surface area contributed by atoms with Gasteiger partial charge in [0, 0.05) is 118 Å². The minimum atomic E-state index is -6.15. The van der Waals surface area contributed by atoms with E-state index >= 15 is 0 Å². The Morgan fingerprint density at radius 1 is 0.769 bits per heavy atom. The van der Waals surface area contributed by atoms with E-state index in [0.717, 1.165) is 73.2 Å². The number of sulfone groups is 1. The van der Waals surface area contributed by atoms with E-state index in [1.54, 1.807) is 40.3 Å². The number of nitrogens with zero attached hydrogens (tertiary/aromatic N) is 5. The fraction of sp³-hybridized carbons (Fsp3) is 0.515. The molecule has 4 aromatic rings. The third kappa shape index (κ3) is 14.5. The van der Waals surface area contributed by atoms with Gasteiger partial charge < -0.3 is 20.4 Å². The van der Waals surface area contributed by atoms with Gasteiger partial charge in [-0.1, -0.05) is 56.5 Å².